The molecule has 1 amide bonds. The summed E-state index contributed by atoms with van der Waals surface area (Å²) >= 11 is 0. The van der Waals surface area contributed by atoms with Crippen LogP contribution in [0.1, 0.15) is 30.9 Å². The van der Waals surface area contributed by atoms with Crippen molar-refractivity contribution in [1.29, 1.82) is 0 Å². The fourth-order valence-corrected chi connectivity index (χ4v) is 1.93. The molecule has 0 aromatic heterocycles. The number of carbonyl (C=O) groups is 1. The van der Waals surface area contributed by atoms with Crippen LogP contribution in [0, 0.1) is 0 Å². The van der Waals surface area contributed by atoms with E-state index >= 15 is 0 Å². The summed E-state index contributed by atoms with van der Waals surface area (Å²) in [7, 11) is 1.56. The number of methoxy groups -OCH3 is 1. The van der Waals surface area contributed by atoms with Crippen LogP contribution in [0.4, 0.5) is 0 Å². The Labute approximate surface area is 139 Å². The summed E-state index contributed by atoms with van der Waals surface area (Å²) in [5, 5.41) is 2.90. The molecule has 5 nitrogen and oxygen atoms in total. The third-order valence-corrected chi connectivity index (χ3v) is 3.21. The maximum atomic E-state index is 11.8. The number of nitrogens with two attached hydrogens (primary N) is 1. The molecule has 1 aromatic rings. The van der Waals surface area contributed by atoms with E-state index < -0.39 is 0 Å². The molecule has 0 radical (unpaired) electrons. The molecule has 0 bridgehead atoms. The van der Waals surface area contributed by atoms with Gasteiger partial charge in [0, 0.05) is 26.8 Å². The molecule has 22 heavy (non-hydrogen) atoms. The predicted octanol–water partition coefficient (Wildman–Crippen LogP) is 2.02. The first-order valence-corrected chi connectivity index (χ1v) is 7.35. The van der Waals surface area contributed by atoms with Gasteiger partial charge < -0.3 is 20.5 Å². The summed E-state index contributed by atoms with van der Waals surface area (Å²) in [5.41, 5.74) is 7.69. The molecule has 1 atom stereocenters. The van der Waals surface area contributed by atoms with Crippen LogP contribution < -0.4 is 11.1 Å². The van der Waals surface area contributed by atoms with E-state index in [0.29, 0.717) is 19.7 Å². The molecule has 0 saturated heterocycles. The Kier molecular flexibility index (Phi) is 11.8. The van der Waals surface area contributed by atoms with Crippen molar-refractivity contribution in [3.8, 4) is 0 Å². The average molecular weight is 331 g/mol. The predicted molar refractivity (Wildman–Crippen MR) is 90.0 cm³/mol. The van der Waals surface area contributed by atoms with Gasteiger partial charge in [-0.15, -0.1) is 12.4 Å². The molecule has 3 N–H and O–H groups in total. The van der Waals surface area contributed by atoms with E-state index in [4.69, 9.17) is 15.2 Å². The third-order valence-electron chi connectivity index (χ3n) is 3.21. The zero-order valence-corrected chi connectivity index (χ0v) is 14.2. The zero-order chi connectivity index (χ0) is 15.5. The van der Waals surface area contributed by atoms with Crippen molar-refractivity contribution >= 4 is 18.3 Å². The lowest BCUT2D eigenvalue weighted by atomic mass is 10.1. The second-order valence-electron chi connectivity index (χ2n) is 4.90. The Bertz CT molecular complexity index is 426. The van der Waals surface area contributed by atoms with Gasteiger partial charge in [0.2, 0.25) is 5.91 Å². The van der Waals surface area contributed by atoms with Gasteiger partial charge in [-0.2, -0.15) is 0 Å². The Hall–Kier alpha value is -1.14. The first-order chi connectivity index (χ1) is 10.2. The molecular weight excluding hydrogens is 304 g/mol. The van der Waals surface area contributed by atoms with Gasteiger partial charge in [0.05, 0.1) is 19.1 Å². The topological polar surface area (TPSA) is 73.6 Å². The highest BCUT2D eigenvalue weighted by atomic mass is 35.5. The summed E-state index contributed by atoms with van der Waals surface area (Å²) in [5.74, 6) is -0.0587. The third kappa shape index (κ3) is 7.75. The number of rotatable bonds is 10. The normalized spacial score (nSPS) is 11.6. The highest BCUT2D eigenvalue weighted by molar-refractivity contribution is 5.85. The van der Waals surface area contributed by atoms with Gasteiger partial charge in [0.25, 0.3) is 0 Å². The van der Waals surface area contributed by atoms with E-state index in [1.807, 2.05) is 24.3 Å². The highest BCUT2D eigenvalue weighted by Gasteiger charge is 2.11. The maximum absolute atomic E-state index is 11.8. The van der Waals surface area contributed by atoms with Crippen LogP contribution in [0.5, 0.6) is 0 Å². The van der Waals surface area contributed by atoms with Gasteiger partial charge >= 0.3 is 0 Å². The van der Waals surface area contributed by atoms with E-state index in [2.05, 4.69) is 12.2 Å². The minimum atomic E-state index is -0.229. The molecule has 1 rings (SSSR count). The minimum Gasteiger partial charge on any atom is -0.380 e. The molecule has 0 spiro atoms. The molecule has 1 unspecified atom stereocenters. The first-order valence-electron chi connectivity index (χ1n) is 7.35. The van der Waals surface area contributed by atoms with Crippen molar-refractivity contribution < 1.29 is 14.3 Å². The van der Waals surface area contributed by atoms with Gasteiger partial charge in [-0.25, -0.2) is 0 Å². The van der Waals surface area contributed by atoms with Gasteiger partial charge in [0.1, 0.15) is 0 Å². The SMILES string of the molecule is CCCOCc1ccccc1CNC(=O)CC(CN)OC.Cl. The molecule has 0 fully saturated rings. The van der Waals surface area contributed by atoms with Crippen LogP contribution in [-0.4, -0.2) is 32.3 Å². The van der Waals surface area contributed by atoms with Gasteiger partial charge in [-0.3, -0.25) is 4.79 Å². The van der Waals surface area contributed by atoms with Crippen LogP contribution in [-0.2, 0) is 27.4 Å². The molecule has 0 heterocycles. The van der Waals surface area contributed by atoms with Crippen LogP contribution in [0.2, 0.25) is 0 Å². The Morgan fingerprint density at radius 1 is 1.32 bits per heavy atom. The quantitative estimate of drug-likeness (QED) is 0.644. The van der Waals surface area contributed by atoms with Gasteiger partial charge in [-0.1, -0.05) is 31.2 Å². The Morgan fingerprint density at radius 2 is 2.00 bits per heavy atom. The maximum Gasteiger partial charge on any atom is 0.222 e. The molecule has 0 aliphatic heterocycles. The van der Waals surface area contributed by atoms with Crippen molar-refractivity contribution in [1.82, 2.24) is 5.32 Å². The number of halogens is 1. The van der Waals surface area contributed by atoms with E-state index in [1.165, 1.54) is 0 Å². The number of hydrogen-bond acceptors (Lipinski definition) is 4. The van der Waals surface area contributed by atoms with Crippen molar-refractivity contribution in [2.75, 3.05) is 20.3 Å². The van der Waals surface area contributed by atoms with Crippen molar-refractivity contribution in [3.63, 3.8) is 0 Å². The number of nitrogens with one attached hydrogen (secondary N) is 1. The largest absolute Gasteiger partial charge is 0.380 e. The summed E-state index contributed by atoms with van der Waals surface area (Å²) < 4.78 is 10.7. The monoisotopic (exact) mass is 330 g/mol. The molecular formula is C16H27ClN2O3. The van der Waals surface area contributed by atoms with Gasteiger partial charge in [0.15, 0.2) is 0 Å². The number of hydrogen-bond donors (Lipinski definition) is 2. The Morgan fingerprint density at radius 3 is 2.59 bits per heavy atom. The van der Waals surface area contributed by atoms with E-state index in [0.717, 1.165) is 24.2 Å². The van der Waals surface area contributed by atoms with Crippen LogP contribution >= 0.6 is 12.4 Å². The Balaban J connectivity index is 0.00000441. The first kappa shape index (κ1) is 20.9. The molecule has 0 aliphatic carbocycles. The molecule has 6 heteroatoms. The van der Waals surface area contributed by atoms with Crippen molar-refractivity contribution in [2.24, 2.45) is 5.73 Å². The zero-order valence-electron chi connectivity index (χ0n) is 13.3. The summed E-state index contributed by atoms with van der Waals surface area (Å²) in [4.78, 5) is 11.8. The van der Waals surface area contributed by atoms with E-state index in [9.17, 15) is 4.79 Å². The lowest BCUT2D eigenvalue weighted by Crippen LogP contribution is -2.32. The van der Waals surface area contributed by atoms with Crippen molar-refractivity contribution in [3.05, 3.63) is 35.4 Å². The van der Waals surface area contributed by atoms with Crippen LogP contribution in [0.15, 0.2) is 24.3 Å². The van der Waals surface area contributed by atoms with E-state index in [-0.39, 0.29) is 30.8 Å². The summed E-state index contributed by atoms with van der Waals surface area (Å²) in [6, 6.07) is 7.96. The standard InChI is InChI=1S/C16H26N2O3.ClH/c1-3-8-21-12-14-7-5-4-6-13(14)11-18-16(19)9-15(10-17)20-2;/h4-7,15H,3,8-12,17H2,1-2H3,(H,18,19);1H. The number of ether oxygens (including phenoxy) is 2. The molecule has 126 valence electrons. The summed E-state index contributed by atoms with van der Waals surface area (Å²) in [6.07, 6.45) is 1.05. The summed E-state index contributed by atoms with van der Waals surface area (Å²) in [6.45, 7) is 4.22. The second kappa shape index (κ2) is 12.4. The fraction of sp³-hybridized carbons (Fsp3) is 0.562. The average Bonchev–Trinajstić information content (AvgIpc) is 2.52. The molecule has 1 aromatic carbocycles. The smallest absolute Gasteiger partial charge is 0.222 e. The number of amides is 1. The van der Waals surface area contributed by atoms with Crippen LogP contribution in [0.3, 0.4) is 0 Å². The minimum absolute atomic E-state index is 0. The number of benzene rings is 1. The fourth-order valence-electron chi connectivity index (χ4n) is 1.93. The molecule has 0 aliphatic rings. The highest BCUT2D eigenvalue weighted by Crippen LogP contribution is 2.10. The number of carbonyl (C=O) groups excluding carboxylic acids is 1. The van der Waals surface area contributed by atoms with Crippen molar-refractivity contribution in [2.45, 2.75) is 39.0 Å². The van der Waals surface area contributed by atoms with Gasteiger partial charge in [-0.05, 0) is 17.5 Å². The van der Waals surface area contributed by atoms with E-state index in [1.54, 1.807) is 7.11 Å². The lowest BCUT2D eigenvalue weighted by molar-refractivity contribution is -0.123. The lowest BCUT2D eigenvalue weighted by Gasteiger charge is -2.14. The van der Waals surface area contributed by atoms with Crippen LogP contribution in [0.25, 0.3) is 0 Å². The second-order valence-corrected chi connectivity index (χ2v) is 4.90. The molecule has 0 saturated carbocycles.